The Hall–Kier alpha value is -1.64. The van der Waals surface area contributed by atoms with E-state index in [2.05, 4.69) is 4.74 Å². The summed E-state index contributed by atoms with van der Waals surface area (Å²) in [5.41, 5.74) is 0.533. The summed E-state index contributed by atoms with van der Waals surface area (Å²) >= 11 is 0. The Balaban J connectivity index is 2.81. The molecule has 0 amide bonds. The summed E-state index contributed by atoms with van der Waals surface area (Å²) < 4.78 is 4.49. The molecule has 0 radical (unpaired) electrons. The maximum Gasteiger partial charge on any atom is 0.316 e. The number of carbonyl (C=O) groups excluding carboxylic acids is 2. The van der Waals surface area contributed by atoms with Gasteiger partial charge >= 0.3 is 5.97 Å². The number of carbonyl (C=O) groups is 2. The first kappa shape index (κ1) is 10.4. The van der Waals surface area contributed by atoms with Gasteiger partial charge in [0.25, 0.3) is 0 Å². The molecule has 1 atom stereocenters. The second-order valence-electron chi connectivity index (χ2n) is 2.98. The highest BCUT2D eigenvalue weighted by Crippen LogP contribution is 2.09. The Bertz CT molecular complexity index is 330. The van der Waals surface area contributed by atoms with E-state index in [1.807, 2.05) is 6.07 Å². The minimum Gasteiger partial charge on any atom is -0.468 e. The van der Waals surface area contributed by atoms with Crippen molar-refractivity contribution in [2.45, 2.75) is 6.92 Å². The summed E-state index contributed by atoms with van der Waals surface area (Å²) in [6.07, 6.45) is 0. The molecule has 0 bridgehead atoms. The van der Waals surface area contributed by atoms with Crippen molar-refractivity contribution in [3.05, 3.63) is 35.9 Å². The van der Waals surface area contributed by atoms with E-state index in [0.29, 0.717) is 5.56 Å². The maximum atomic E-state index is 11.6. The van der Waals surface area contributed by atoms with E-state index >= 15 is 0 Å². The monoisotopic (exact) mass is 192 g/mol. The molecule has 3 heteroatoms. The van der Waals surface area contributed by atoms with Crippen molar-refractivity contribution in [1.29, 1.82) is 0 Å². The smallest absolute Gasteiger partial charge is 0.316 e. The largest absolute Gasteiger partial charge is 0.468 e. The van der Waals surface area contributed by atoms with Crippen molar-refractivity contribution in [3.63, 3.8) is 0 Å². The molecule has 1 rings (SSSR count). The molecule has 0 aliphatic heterocycles. The number of esters is 1. The van der Waals surface area contributed by atoms with E-state index in [-0.39, 0.29) is 5.78 Å². The van der Waals surface area contributed by atoms with Gasteiger partial charge in [0.05, 0.1) is 7.11 Å². The Morgan fingerprint density at radius 3 is 2.29 bits per heavy atom. The molecular weight excluding hydrogens is 180 g/mol. The molecule has 3 nitrogen and oxygen atoms in total. The van der Waals surface area contributed by atoms with Crippen molar-refractivity contribution in [2.75, 3.05) is 7.11 Å². The third kappa shape index (κ3) is 2.19. The lowest BCUT2D eigenvalue weighted by Crippen LogP contribution is -2.22. The molecule has 0 fully saturated rings. The van der Waals surface area contributed by atoms with Gasteiger partial charge in [0.1, 0.15) is 5.92 Å². The van der Waals surface area contributed by atoms with Gasteiger partial charge in [-0.1, -0.05) is 30.3 Å². The van der Waals surface area contributed by atoms with Gasteiger partial charge in [0, 0.05) is 5.56 Å². The van der Waals surface area contributed by atoms with Crippen LogP contribution in [0.15, 0.2) is 30.3 Å². The Kier molecular flexibility index (Phi) is 3.40. The molecule has 0 aliphatic carbocycles. The molecule has 14 heavy (non-hydrogen) atoms. The second-order valence-corrected chi connectivity index (χ2v) is 2.98. The molecule has 0 aromatic heterocycles. The first-order chi connectivity index (χ1) is 6.66. The molecule has 0 saturated heterocycles. The topological polar surface area (TPSA) is 43.4 Å². The van der Waals surface area contributed by atoms with Gasteiger partial charge in [-0.25, -0.2) is 0 Å². The Morgan fingerprint density at radius 1 is 1.21 bits per heavy atom. The third-order valence-electron chi connectivity index (χ3n) is 2.01. The van der Waals surface area contributed by atoms with E-state index in [0.717, 1.165) is 0 Å². The van der Waals surface area contributed by atoms with Gasteiger partial charge in [-0.3, -0.25) is 9.59 Å². The average Bonchev–Trinajstić information content (AvgIpc) is 2.27. The van der Waals surface area contributed by atoms with Gasteiger partial charge in [0.15, 0.2) is 5.78 Å². The number of hydrogen-bond acceptors (Lipinski definition) is 3. The van der Waals surface area contributed by atoms with Crippen LogP contribution in [-0.2, 0) is 9.53 Å². The molecule has 74 valence electrons. The fourth-order valence-electron chi connectivity index (χ4n) is 1.14. The van der Waals surface area contributed by atoms with Crippen LogP contribution in [0, 0.1) is 5.92 Å². The highest BCUT2D eigenvalue weighted by molar-refractivity contribution is 6.08. The molecule has 0 N–H and O–H groups in total. The summed E-state index contributed by atoms with van der Waals surface area (Å²) in [6, 6.07) is 8.71. The average molecular weight is 192 g/mol. The number of benzene rings is 1. The minimum atomic E-state index is -0.734. The zero-order valence-corrected chi connectivity index (χ0v) is 8.19. The number of ether oxygens (including phenoxy) is 1. The number of Topliss-reactive ketones (excluding diaryl/α,β-unsaturated/α-hetero) is 1. The van der Waals surface area contributed by atoms with Gasteiger partial charge in [-0.05, 0) is 6.92 Å². The number of rotatable bonds is 3. The van der Waals surface area contributed by atoms with Crippen LogP contribution in [0.4, 0.5) is 0 Å². The molecular formula is C11H12O3. The minimum absolute atomic E-state index is 0.211. The zero-order valence-electron chi connectivity index (χ0n) is 8.19. The fraction of sp³-hybridized carbons (Fsp3) is 0.273. The van der Waals surface area contributed by atoms with E-state index in [9.17, 15) is 9.59 Å². The van der Waals surface area contributed by atoms with Crippen LogP contribution < -0.4 is 0 Å². The van der Waals surface area contributed by atoms with E-state index < -0.39 is 11.9 Å². The highest BCUT2D eigenvalue weighted by Gasteiger charge is 2.22. The van der Waals surface area contributed by atoms with Crippen molar-refractivity contribution >= 4 is 11.8 Å². The predicted molar refractivity (Wildman–Crippen MR) is 52.0 cm³/mol. The lowest BCUT2D eigenvalue weighted by atomic mass is 10.00. The third-order valence-corrected chi connectivity index (χ3v) is 2.01. The Labute approximate surface area is 82.7 Å². The van der Waals surface area contributed by atoms with E-state index in [1.165, 1.54) is 7.11 Å². The van der Waals surface area contributed by atoms with Gasteiger partial charge in [-0.2, -0.15) is 0 Å². The SMILES string of the molecule is COC(=O)C(C)C(=O)c1ccccc1. The van der Waals surface area contributed by atoms with Gasteiger partial charge in [-0.15, -0.1) is 0 Å². The van der Waals surface area contributed by atoms with E-state index in [4.69, 9.17) is 0 Å². The standard InChI is InChI=1S/C11H12O3/c1-8(11(13)14-2)10(12)9-6-4-3-5-7-9/h3-8H,1-2H3. The molecule has 1 unspecified atom stereocenters. The van der Waals surface area contributed by atoms with Gasteiger partial charge < -0.3 is 4.74 Å². The Morgan fingerprint density at radius 2 is 1.79 bits per heavy atom. The molecule has 1 aromatic carbocycles. The van der Waals surface area contributed by atoms with Crippen LogP contribution in [0.1, 0.15) is 17.3 Å². The van der Waals surface area contributed by atoms with Crippen LogP contribution in [0.2, 0.25) is 0 Å². The highest BCUT2D eigenvalue weighted by atomic mass is 16.5. The van der Waals surface area contributed by atoms with Crippen molar-refractivity contribution in [2.24, 2.45) is 5.92 Å². The van der Waals surface area contributed by atoms with Crippen molar-refractivity contribution in [3.8, 4) is 0 Å². The lowest BCUT2D eigenvalue weighted by Gasteiger charge is -2.07. The molecule has 0 saturated carbocycles. The van der Waals surface area contributed by atoms with Crippen LogP contribution in [0.25, 0.3) is 0 Å². The van der Waals surface area contributed by atoms with Gasteiger partial charge in [0.2, 0.25) is 0 Å². The van der Waals surface area contributed by atoms with Crippen LogP contribution in [0.3, 0.4) is 0 Å². The summed E-state index contributed by atoms with van der Waals surface area (Å²) in [4.78, 5) is 22.7. The second kappa shape index (κ2) is 4.56. The first-order valence-electron chi connectivity index (χ1n) is 4.34. The summed E-state index contributed by atoms with van der Waals surface area (Å²) in [6.45, 7) is 1.54. The number of hydrogen-bond donors (Lipinski definition) is 0. The fourth-order valence-corrected chi connectivity index (χ4v) is 1.14. The number of ketones is 1. The van der Waals surface area contributed by atoms with Crippen LogP contribution in [0.5, 0.6) is 0 Å². The van der Waals surface area contributed by atoms with Crippen LogP contribution >= 0.6 is 0 Å². The quantitative estimate of drug-likeness (QED) is 0.415. The summed E-state index contributed by atoms with van der Waals surface area (Å²) in [5, 5.41) is 0. The van der Waals surface area contributed by atoms with Crippen molar-refractivity contribution < 1.29 is 14.3 Å². The summed E-state index contributed by atoms with van der Waals surface area (Å²) in [5.74, 6) is -1.45. The zero-order chi connectivity index (χ0) is 10.6. The lowest BCUT2D eigenvalue weighted by molar-refractivity contribution is -0.143. The predicted octanol–water partition coefficient (Wildman–Crippen LogP) is 1.68. The molecule has 0 spiro atoms. The van der Waals surface area contributed by atoms with Crippen LogP contribution in [-0.4, -0.2) is 18.9 Å². The first-order valence-corrected chi connectivity index (χ1v) is 4.34. The normalized spacial score (nSPS) is 11.9. The number of methoxy groups -OCH3 is 1. The summed E-state index contributed by atoms with van der Waals surface area (Å²) in [7, 11) is 1.27. The maximum absolute atomic E-state index is 11.6. The van der Waals surface area contributed by atoms with Crippen molar-refractivity contribution in [1.82, 2.24) is 0 Å². The van der Waals surface area contributed by atoms with E-state index in [1.54, 1.807) is 31.2 Å². The molecule has 1 aromatic rings. The molecule has 0 heterocycles. The molecule has 0 aliphatic rings.